The Morgan fingerprint density at radius 3 is 2.90 bits per heavy atom. The Bertz CT molecular complexity index is 1060. The highest BCUT2D eigenvalue weighted by atomic mass is 32.1. The summed E-state index contributed by atoms with van der Waals surface area (Å²) < 4.78 is 12.4. The topological polar surface area (TPSA) is 65.4 Å². The number of benzene rings is 1. The standard InChI is InChI=1S/C24H31N3O3S/c1-3-30-14-4-12-25-18-7-10-20-21(15-18)31-23-22(20)24(28)27(16-26-23)13-11-17-5-8-19(29-2)9-6-17/h5-6,8-9,16,18,25H,3-4,7,10-15H2,1-2H3. The van der Waals surface area contributed by atoms with Gasteiger partial charge in [0.25, 0.3) is 5.56 Å². The molecule has 6 nitrogen and oxygen atoms in total. The fraction of sp³-hybridized carbons (Fsp3) is 0.500. The van der Waals surface area contributed by atoms with E-state index in [-0.39, 0.29) is 5.56 Å². The monoisotopic (exact) mass is 441 g/mol. The van der Waals surface area contributed by atoms with Gasteiger partial charge in [-0.05, 0) is 68.8 Å². The molecule has 0 amide bonds. The van der Waals surface area contributed by atoms with Crippen molar-refractivity contribution in [3.63, 3.8) is 0 Å². The Kier molecular flexibility index (Phi) is 7.37. The van der Waals surface area contributed by atoms with Crippen LogP contribution in [-0.2, 0) is 30.5 Å². The van der Waals surface area contributed by atoms with Crippen molar-refractivity contribution in [2.45, 2.75) is 51.6 Å². The number of hydrogen-bond donors (Lipinski definition) is 1. The second-order valence-electron chi connectivity index (χ2n) is 7.97. The minimum absolute atomic E-state index is 0.0964. The molecule has 1 aliphatic carbocycles. The first kappa shape index (κ1) is 22.0. The number of aromatic nitrogens is 2. The molecule has 1 N–H and O–H groups in total. The molecule has 1 atom stereocenters. The first-order valence-electron chi connectivity index (χ1n) is 11.1. The zero-order valence-electron chi connectivity index (χ0n) is 18.4. The Hall–Kier alpha value is -2.22. The van der Waals surface area contributed by atoms with Crippen molar-refractivity contribution in [3.05, 3.63) is 57.0 Å². The molecule has 4 rings (SSSR count). The summed E-state index contributed by atoms with van der Waals surface area (Å²) in [6.07, 6.45) is 6.52. The molecular weight excluding hydrogens is 410 g/mol. The molecule has 1 aromatic carbocycles. The molecule has 0 radical (unpaired) electrons. The van der Waals surface area contributed by atoms with Gasteiger partial charge in [-0.1, -0.05) is 12.1 Å². The Morgan fingerprint density at radius 1 is 1.29 bits per heavy atom. The molecule has 0 fully saturated rings. The van der Waals surface area contributed by atoms with Crippen LogP contribution in [0.2, 0.25) is 0 Å². The smallest absolute Gasteiger partial charge is 0.262 e. The Morgan fingerprint density at radius 2 is 2.13 bits per heavy atom. The van der Waals surface area contributed by atoms with Gasteiger partial charge < -0.3 is 14.8 Å². The van der Waals surface area contributed by atoms with Gasteiger partial charge in [0, 0.05) is 30.7 Å². The van der Waals surface area contributed by atoms with Crippen LogP contribution in [0.4, 0.5) is 0 Å². The summed E-state index contributed by atoms with van der Waals surface area (Å²) in [5.41, 5.74) is 2.50. The summed E-state index contributed by atoms with van der Waals surface area (Å²) in [6.45, 7) is 5.21. The third-order valence-corrected chi connectivity index (χ3v) is 7.10. The van der Waals surface area contributed by atoms with Crippen LogP contribution >= 0.6 is 11.3 Å². The van der Waals surface area contributed by atoms with Crippen molar-refractivity contribution < 1.29 is 9.47 Å². The number of nitrogens with zero attached hydrogens (tertiary/aromatic N) is 2. The highest BCUT2D eigenvalue weighted by Crippen LogP contribution is 2.33. The summed E-state index contributed by atoms with van der Waals surface area (Å²) >= 11 is 1.69. The number of rotatable bonds is 10. The van der Waals surface area contributed by atoms with E-state index in [9.17, 15) is 4.79 Å². The van der Waals surface area contributed by atoms with Crippen molar-refractivity contribution >= 4 is 21.6 Å². The van der Waals surface area contributed by atoms with Crippen LogP contribution in [0.3, 0.4) is 0 Å². The quantitative estimate of drug-likeness (QED) is 0.487. The molecule has 7 heteroatoms. The third kappa shape index (κ3) is 5.17. The Balaban J connectivity index is 1.43. The van der Waals surface area contributed by atoms with Gasteiger partial charge in [0.1, 0.15) is 10.6 Å². The van der Waals surface area contributed by atoms with Crippen LogP contribution in [0.25, 0.3) is 10.2 Å². The average molecular weight is 442 g/mol. The lowest BCUT2D eigenvalue weighted by atomic mass is 9.93. The number of ether oxygens (including phenoxy) is 2. The van der Waals surface area contributed by atoms with E-state index >= 15 is 0 Å². The molecule has 0 aliphatic heterocycles. The van der Waals surface area contributed by atoms with Gasteiger partial charge >= 0.3 is 0 Å². The summed E-state index contributed by atoms with van der Waals surface area (Å²) in [6, 6.07) is 8.47. The zero-order chi connectivity index (χ0) is 21.6. The number of nitrogens with one attached hydrogen (secondary N) is 1. The van der Waals surface area contributed by atoms with E-state index in [1.165, 1.54) is 16.0 Å². The van der Waals surface area contributed by atoms with Crippen molar-refractivity contribution in [3.8, 4) is 5.75 Å². The minimum atomic E-state index is 0.0964. The fourth-order valence-electron chi connectivity index (χ4n) is 4.20. The van der Waals surface area contributed by atoms with E-state index in [1.807, 2.05) is 31.2 Å². The summed E-state index contributed by atoms with van der Waals surface area (Å²) in [4.78, 5) is 20.1. The number of aryl methyl sites for hydroxylation is 3. The van der Waals surface area contributed by atoms with Gasteiger partial charge in [-0.25, -0.2) is 4.98 Å². The number of fused-ring (bicyclic) bond motifs is 3. The van der Waals surface area contributed by atoms with Crippen LogP contribution in [0, 0.1) is 0 Å². The molecular formula is C24H31N3O3S. The molecule has 0 bridgehead atoms. The second-order valence-corrected chi connectivity index (χ2v) is 9.05. The molecule has 3 aromatic rings. The van der Waals surface area contributed by atoms with E-state index in [1.54, 1.807) is 29.3 Å². The van der Waals surface area contributed by atoms with Gasteiger partial charge in [-0.3, -0.25) is 9.36 Å². The lowest BCUT2D eigenvalue weighted by Gasteiger charge is -2.23. The van der Waals surface area contributed by atoms with Crippen molar-refractivity contribution in [1.82, 2.24) is 14.9 Å². The Labute approximate surface area is 187 Å². The van der Waals surface area contributed by atoms with Crippen molar-refractivity contribution in [2.75, 3.05) is 26.9 Å². The van der Waals surface area contributed by atoms with Crippen LogP contribution in [0.1, 0.15) is 35.8 Å². The van der Waals surface area contributed by atoms with E-state index < -0.39 is 0 Å². The normalized spacial score (nSPS) is 15.9. The summed E-state index contributed by atoms with van der Waals surface area (Å²) in [5, 5.41) is 4.49. The molecule has 0 saturated heterocycles. The predicted octanol–water partition coefficient (Wildman–Crippen LogP) is 3.58. The van der Waals surface area contributed by atoms with Gasteiger partial charge in [0.15, 0.2) is 0 Å². The van der Waals surface area contributed by atoms with Crippen molar-refractivity contribution in [2.24, 2.45) is 0 Å². The van der Waals surface area contributed by atoms with Gasteiger partial charge in [-0.15, -0.1) is 11.3 Å². The maximum Gasteiger partial charge on any atom is 0.262 e. The summed E-state index contributed by atoms with van der Waals surface area (Å²) in [7, 11) is 1.66. The maximum atomic E-state index is 13.2. The van der Waals surface area contributed by atoms with Gasteiger partial charge in [-0.2, -0.15) is 0 Å². The molecule has 0 spiro atoms. The average Bonchev–Trinajstić information content (AvgIpc) is 3.17. The van der Waals surface area contributed by atoms with Gasteiger partial charge in [0.2, 0.25) is 0 Å². The SMILES string of the molecule is CCOCCCNC1CCc2c(sc3ncn(CCc4ccc(OC)cc4)c(=O)c23)C1. The van der Waals surface area contributed by atoms with E-state index in [0.29, 0.717) is 12.6 Å². The van der Waals surface area contributed by atoms with E-state index in [2.05, 4.69) is 10.3 Å². The number of hydrogen-bond acceptors (Lipinski definition) is 6. The molecule has 1 unspecified atom stereocenters. The molecule has 2 aromatic heterocycles. The zero-order valence-corrected chi connectivity index (χ0v) is 19.2. The molecule has 1 aliphatic rings. The largest absolute Gasteiger partial charge is 0.497 e. The first-order chi connectivity index (χ1) is 15.2. The molecule has 0 saturated carbocycles. The second kappa shape index (κ2) is 10.4. The van der Waals surface area contributed by atoms with Crippen LogP contribution in [-0.4, -0.2) is 42.5 Å². The predicted molar refractivity (Wildman–Crippen MR) is 126 cm³/mol. The van der Waals surface area contributed by atoms with Crippen LogP contribution in [0.5, 0.6) is 5.75 Å². The fourth-order valence-corrected chi connectivity index (χ4v) is 5.46. The maximum absolute atomic E-state index is 13.2. The highest BCUT2D eigenvalue weighted by molar-refractivity contribution is 7.18. The molecule has 31 heavy (non-hydrogen) atoms. The number of thiophene rings is 1. The van der Waals surface area contributed by atoms with E-state index in [4.69, 9.17) is 9.47 Å². The third-order valence-electron chi connectivity index (χ3n) is 5.94. The van der Waals surface area contributed by atoms with Gasteiger partial charge in [0.05, 0.1) is 18.8 Å². The molecule has 2 heterocycles. The highest BCUT2D eigenvalue weighted by Gasteiger charge is 2.24. The lowest BCUT2D eigenvalue weighted by molar-refractivity contribution is 0.144. The summed E-state index contributed by atoms with van der Waals surface area (Å²) in [5.74, 6) is 0.844. The number of methoxy groups -OCH3 is 1. The first-order valence-corrected chi connectivity index (χ1v) is 11.9. The van der Waals surface area contributed by atoms with Crippen LogP contribution in [0.15, 0.2) is 35.4 Å². The minimum Gasteiger partial charge on any atom is -0.497 e. The van der Waals surface area contributed by atoms with E-state index in [0.717, 1.165) is 67.8 Å². The molecule has 166 valence electrons. The van der Waals surface area contributed by atoms with Crippen LogP contribution < -0.4 is 15.6 Å². The lowest BCUT2D eigenvalue weighted by Crippen LogP contribution is -2.35. The van der Waals surface area contributed by atoms with Crippen molar-refractivity contribution in [1.29, 1.82) is 0 Å².